The summed E-state index contributed by atoms with van der Waals surface area (Å²) in [4.78, 5) is 4.66. The molecule has 2 aromatic carbocycles. The van der Waals surface area contributed by atoms with Gasteiger partial charge in [0.15, 0.2) is 0 Å². The van der Waals surface area contributed by atoms with Crippen LogP contribution in [0.15, 0.2) is 72.9 Å². The molecule has 0 aliphatic heterocycles. The normalized spacial score (nSPS) is 13.3. The number of hydrogen-bond acceptors (Lipinski definition) is 1. The summed E-state index contributed by atoms with van der Waals surface area (Å²) in [5, 5.41) is 0. The zero-order chi connectivity index (χ0) is 18.1. The van der Waals surface area contributed by atoms with E-state index in [1.165, 1.54) is 0 Å². The van der Waals surface area contributed by atoms with E-state index in [9.17, 15) is 0 Å². The van der Waals surface area contributed by atoms with E-state index in [2.05, 4.69) is 22.3 Å². The molecular formula is C21H23GeN. The van der Waals surface area contributed by atoms with Crippen molar-refractivity contribution in [2.45, 2.75) is 23.6 Å². The second-order valence-electron chi connectivity index (χ2n) is 6.72. The minimum atomic E-state index is -2.29. The van der Waals surface area contributed by atoms with Crippen molar-refractivity contribution in [3.05, 3.63) is 84.1 Å². The summed E-state index contributed by atoms with van der Waals surface area (Å²) in [6.45, 7) is 0. The van der Waals surface area contributed by atoms with Crippen molar-refractivity contribution in [3.63, 3.8) is 0 Å². The topological polar surface area (TPSA) is 12.9 Å². The average molecular weight is 364 g/mol. The van der Waals surface area contributed by atoms with E-state index in [1.807, 2.05) is 72.9 Å². The molecule has 2 heteroatoms. The van der Waals surface area contributed by atoms with Gasteiger partial charge in [-0.05, 0) is 0 Å². The molecule has 23 heavy (non-hydrogen) atoms. The fraction of sp³-hybridized carbons (Fsp3) is 0.190. The predicted molar refractivity (Wildman–Crippen MR) is 102 cm³/mol. The third-order valence-corrected chi connectivity index (χ3v) is 8.06. The van der Waals surface area contributed by atoms with Crippen LogP contribution in [0.25, 0.3) is 11.3 Å². The average Bonchev–Trinajstić information content (AvgIpc) is 2.62. The molecule has 3 aromatic rings. The van der Waals surface area contributed by atoms with Crippen molar-refractivity contribution >= 4 is 17.7 Å². The number of rotatable bonds is 4. The Bertz CT molecular complexity index is 856. The van der Waals surface area contributed by atoms with Gasteiger partial charge >= 0.3 is 144 Å². The molecule has 0 aliphatic rings. The molecule has 0 atom stereocenters. The Hall–Kier alpha value is -1.87. The summed E-state index contributed by atoms with van der Waals surface area (Å²) in [5.74, 6) is 6.84. The maximum absolute atomic E-state index is 8.86. The first-order valence-electron chi connectivity index (χ1n) is 8.92. The maximum atomic E-state index is 8.86. The van der Waals surface area contributed by atoms with E-state index < -0.39 is 19.6 Å². The van der Waals surface area contributed by atoms with Crippen LogP contribution in [0.2, 0.25) is 17.3 Å². The van der Waals surface area contributed by atoms with Gasteiger partial charge < -0.3 is 0 Å². The number of nitrogens with zero attached hydrogens (tertiary/aromatic N) is 1. The van der Waals surface area contributed by atoms with Crippen LogP contribution in [-0.2, 0) is 6.37 Å². The number of hydrogen-bond donors (Lipinski definition) is 0. The second-order valence-corrected chi connectivity index (χ2v) is 17.3. The third-order valence-electron chi connectivity index (χ3n) is 3.83. The van der Waals surface area contributed by atoms with Gasteiger partial charge in [0.1, 0.15) is 0 Å². The summed E-state index contributed by atoms with van der Waals surface area (Å²) in [7, 11) is 0. The Balaban J connectivity index is 2.22. The zero-order valence-electron chi connectivity index (χ0n) is 15.9. The van der Waals surface area contributed by atoms with Crippen molar-refractivity contribution in [3.8, 4) is 11.3 Å². The summed E-state index contributed by atoms with van der Waals surface area (Å²) in [5.41, 5.74) is 3.29. The first-order valence-corrected chi connectivity index (χ1v) is 15.3. The summed E-state index contributed by atoms with van der Waals surface area (Å²) in [6.07, 6.45) is 0.375. The molecule has 116 valence electrons. The van der Waals surface area contributed by atoms with Crippen LogP contribution in [0.4, 0.5) is 0 Å². The first kappa shape index (κ1) is 13.6. The van der Waals surface area contributed by atoms with Crippen LogP contribution < -0.4 is 4.40 Å². The van der Waals surface area contributed by atoms with Gasteiger partial charge in [0.05, 0.1) is 0 Å². The molecule has 1 aromatic heterocycles. The van der Waals surface area contributed by atoms with Gasteiger partial charge in [-0.3, -0.25) is 0 Å². The predicted octanol–water partition coefficient (Wildman–Crippen LogP) is 4.88. The SMILES string of the molecule is [2H]C([2H])(c1ccccc1)c1cc(-c2ccccc2)nc[c]1[Ge]([CH3])([CH3])[CH3]. The van der Waals surface area contributed by atoms with E-state index >= 15 is 0 Å². The number of pyridine rings is 1. The van der Waals surface area contributed by atoms with Crippen LogP contribution in [0, 0.1) is 0 Å². The van der Waals surface area contributed by atoms with E-state index in [0.717, 1.165) is 21.2 Å². The van der Waals surface area contributed by atoms with Gasteiger partial charge in [0.25, 0.3) is 0 Å². The van der Waals surface area contributed by atoms with Gasteiger partial charge in [-0.15, -0.1) is 0 Å². The Labute approximate surface area is 144 Å². The van der Waals surface area contributed by atoms with Crippen molar-refractivity contribution in [1.82, 2.24) is 4.98 Å². The van der Waals surface area contributed by atoms with Gasteiger partial charge in [-0.25, -0.2) is 0 Å². The monoisotopic (exact) mass is 365 g/mol. The molecule has 0 saturated heterocycles. The molecule has 0 spiro atoms. The fourth-order valence-corrected chi connectivity index (χ4v) is 5.53. The molecule has 1 nitrogen and oxygen atoms in total. The molecule has 0 unspecified atom stereocenters. The Morgan fingerprint density at radius 3 is 2.13 bits per heavy atom. The second kappa shape index (κ2) is 6.71. The van der Waals surface area contributed by atoms with Crippen LogP contribution in [0.5, 0.6) is 0 Å². The van der Waals surface area contributed by atoms with E-state index in [-0.39, 0.29) is 0 Å². The van der Waals surface area contributed by atoms with Crippen molar-refractivity contribution < 1.29 is 2.74 Å². The van der Waals surface area contributed by atoms with Gasteiger partial charge in [0, 0.05) is 0 Å². The van der Waals surface area contributed by atoms with Gasteiger partial charge in [-0.1, -0.05) is 0 Å². The molecule has 0 aliphatic carbocycles. The summed E-state index contributed by atoms with van der Waals surface area (Å²) in [6, 6.07) is 21.4. The van der Waals surface area contributed by atoms with Crippen molar-refractivity contribution in [2.24, 2.45) is 0 Å². The fourth-order valence-electron chi connectivity index (χ4n) is 2.60. The molecule has 0 saturated carbocycles. The minimum absolute atomic E-state index is 0.688. The number of benzene rings is 2. The summed E-state index contributed by atoms with van der Waals surface area (Å²) >= 11 is -2.29. The Kier molecular flexibility index (Phi) is 3.96. The third kappa shape index (κ3) is 3.91. The molecule has 0 fully saturated rings. The van der Waals surface area contributed by atoms with E-state index in [1.54, 1.807) is 0 Å². The van der Waals surface area contributed by atoms with Gasteiger partial charge in [0.2, 0.25) is 0 Å². The first-order chi connectivity index (χ1) is 11.8. The Morgan fingerprint density at radius 1 is 0.913 bits per heavy atom. The molecule has 0 amide bonds. The van der Waals surface area contributed by atoms with Crippen LogP contribution in [0.3, 0.4) is 0 Å². The van der Waals surface area contributed by atoms with Crippen LogP contribution in [0.1, 0.15) is 13.9 Å². The van der Waals surface area contributed by atoms with E-state index in [0.29, 0.717) is 5.56 Å². The molecule has 0 radical (unpaired) electrons. The Morgan fingerprint density at radius 2 is 1.52 bits per heavy atom. The molecule has 1 heterocycles. The zero-order valence-corrected chi connectivity index (χ0v) is 16.0. The number of aromatic nitrogens is 1. The van der Waals surface area contributed by atoms with Crippen LogP contribution >= 0.6 is 0 Å². The van der Waals surface area contributed by atoms with Crippen molar-refractivity contribution in [2.75, 3.05) is 0 Å². The quantitative estimate of drug-likeness (QED) is 0.601. The van der Waals surface area contributed by atoms with E-state index in [4.69, 9.17) is 2.74 Å². The summed E-state index contributed by atoms with van der Waals surface area (Å²) < 4.78 is 18.8. The molecule has 0 bridgehead atoms. The molecule has 0 N–H and O–H groups in total. The van der Waals surface area contributed by atoms with Crippen LogP contribution in [-0.4, -0.2) is 18.3 Å². The van der Waals surface area contributed by atoms with Crippen molar-refractivity contribution in [1.29, 1.82) is 0 Å². The van der Waals surface area contributed by atoms with Gasteiger partial charge in [-0.2, -0.15) is 0 Å². The molecular weight excluding hydrogens is 339 g/mol. The molecule has 3 rings (SSSR count). The standard InChI is InChI=1S/C21H23GeN/c1-22(2,3)20-16-23-21(18-12-8-5-9-13-18)15-19(20)14-17-10-6-4-7-11-17/h4-13,15-16H,14H2,1-3H3/i14D2.